The average molecular weight is 368 g/mol. The van der Waals surface area contributed by atoms with Crippen molar-refractivity contribution in [2.24, 2.45) is 0 Å². The molecule has 8 heteroatoms. The molecule has 7 nitrogen and oxygen atoms in total. The molecule has 0 radical (unpaired) electrons. The molecule has 1 fully saturated rings. The van der Waals surface area contributed by atoms with Crippen molar-refractivity contribution in [2.45, 2.75) is 32.6 Å². The minimum absolute atomic E-state index is 0.0928. The van der Waals surface area contributed by atoms with Crippen LogP contribution in [0.5, 0.6) is 5.75 Å². The second kappa shape index (κ2) is 7.58. The van der Waals surface area contributed by atoms with Crippen LogP contribution >= 0.6 is 0 Å². The summed E-state index contributed by atoms with van der Waals surface area (Å²) in [5, 5.41) is 16.5. The van der Waals surface area contributed by atoms with Gasteiger partial charge in [-0.15, -0.1) is 0 Å². The number of halogens is 1. The van der Waals surface area contributed by atoms with Crippen LogP contribution in [0.4, 0.5) is 10.2 Å². The van der Waals surface area contributed by atoms with E-state index in [1.807, 2.05) is 19.9 Å². The first-order valence-corrected chi connectivity index (χ1v) is 8.87. The summed E-state index contributed by atoms with van der Waals surface area (Å²) in [4.78, 5) is 8.54. The molecule has 27 heavy (non-hydrogen) atoms. The molecule has 3 aromatic rings. The van der Waals surface area contributed by atoms with Crippen molar-refractivity contribution in [3.8, 4) is 23.2 Å². The van der Waals surface area contributed by atoms with Crippen LogP contribution in [0, 0.1) is 17.1 Å². The van der Waals surface area contributed by atoms with Crippen LogP contribution in [0.25, 0.3) is 17.0 Å². The first kappa shape index (κ1) is 18.6. The number of aromatic nitrogens is 4. The number of hydrogen-bond acceptors (Lipinski definition) is 6. The summed E-state index contributed by atoms with van der Waals surface area (Å²) in [5.74, 6) is 0.769. The maximum Gasteiger partial charge on any atom is 0.157 e. The molecular weight excluding hydrogens is 347 g/mol. The van der Waals surface area contributed by atoms with Crippen molar-refractivity contribution in [1.82, 2.24) is 19.6 Å². The van der Waals surface area contributed by atoms with Gasteiger partial charge in [0.15, 0.2) is 11.5 Å². The Balaban J connectivity index is 0.00000102. The van der Waals surface area contributed by atoms with Gasteiger partial charge in [-0.1, -0.05) is 13.8 Å². The van der Waals surface area contributed by atoms with E-state index < -0.39 is 5.82 Å². The molecule has 0 bridgehead atoms. The molecule has 4 rings (SSSR count). The number of fused-ring (bicyclic) bond motifs is 1. The lowest BCUT2D eigenvalue weighted by Gasteiger charge is -2.10. The number of nitriles is 1. The first-order valence-electron chi connectivity index (χ1n) is 8.87. The maximum atomic E-state index is 14.5. The van der Waals surface area contributed by atoms with Crippen LogP contribution in [0.2, 0.25) is 0 Å². The molecule has 1 aliphatic carbocycles. The molecule has 0 saturated heterocycles. The van der Waals surface area contributed by atoms with Gasteiger partial charge in [0.1, 0.15) is 34.7 Å². The molecule has 3 aromatic heterocycles. The van der Waals surface area contributed by atoms with E-state index in [0.29, 0.717) is 28.8 Å². The average Bonchev–Trinajstić information content (AvgIpc) is 3.48. The number of pyridine rings is 1. The van der Waals surface area contributed by atoms with Crippen LogP contribution in [0.3, 0.4) is 0 Å². The number of anilines is 1. The second-order valence-corrected chi connectivity index (χ2v) is 5.86. The lowest BCUT2D eigenvalue weighted by atomic mass is 10.2. The fourth-order valence-electron chi connectivity index (χ4n) is 2.82. The number of rotatable bonds is 4. The largest absolute Gasteiger partial charge is 0.495 e. The third-order valence-corrected chi connectivity index (χ3v) is 4.24. The third-order valence-electron chi connectivity index (χ3n) is 4.24. The van der Waals surface area contributed by atoms with E-state index in [1.54, 1.807) is 24.7 Å². The predicted molar refractivity (Wildman–Crippen MR) is 100 cm³/mol. The van der Waals surface area contributed by atoms with E-state index in [-0.39, 0.29) is 11.3 Å². The van der Waals surface area contributed by atoms with Gasteiger partial charge < -0.3 is 10.1 Å². The monoisotopic (exact) mass is 368 g/mol. The Bertz CT molecular complexity index is 1020. The summed E-state index contributed by atoms with van der Waals surface area (Å²) in [6.45, 7) is 4.00. The highest BCUT2D eigenvalue weighted by molar-refractivity contribution is 5.65. The number of imidazole rings is 1. The van der Waals surface area contributed by atoms with Crippen LogP contribution in [-0.2, 0) is 0 Å². The minimum Gasteiger partial charge on any atom is -0.495 e. The second-order valence-electron chi connectivity index (χ2n) is 5.86. The molecular formula is C19H21FN6O. The van der Waals surface area contributed by atoms with Crippen molar-refractivity contribution in [3.05, 3.63) is 35.4 Å². The molecule has 0 unspecified atom stereocenters. The number of nitrogens with zero attached hydrogens (tertiary/aromatic N) is 5. The van der Waals surface area contributed by atoms with Crippen molar-refractivity contribution >= 4 is 11.5 Å². The topological polar surface area (TPSA) is 88.1 Å². The Morgan fingerprint density at radius 3 is 2.67 bits per heavy atom. The normalized spacial score (nSPS) is 12.9. The fourth-order valence-corrected chi connectivity index (χ4v) is 2.82. The smallest absolute Gasteiger partial charge is 0.157 e. The molecule has 1 N–H and O–H groups in total. The Labute approximate surface area is 156 Å². The van der Waals surface area contributed by atoms with Gasteiger partial charge in [0, 0.05) is 19.0 Å². The zero-order chi connectivity index (χ0) is 19.6. The van der Waals surface area contributed by atoms with Crippen molar-refractivity contribution in [1.29, 1.82) is 5.26 Å². The summed E-state index contributed by atoms with van der Waals surface area (Å²) >= 11 is 0. The highest BCUT2D eigenvalue weighted by Gasteiger charge is 2.30. The number of hydrogen-bond donors (Lipinski definition) is 1. The van der Waals surface area contributed by atoms with Crippen molar-refractivity contribution < 1.29 is 9.13 Å². The Morgan fingerprint density at radius 1 is 1.33 bits per heavy atom. The zero-order valence-corrected chi connectivity index (χ0v) is 15.7. The fraction of sp³-hybridized carbons (Fsp3) is 0.368. The molecule has 0 amide bonds. The van der Waals surface area contributed by atoms with Crippen molar-refractivity contribution in [2.75, 3.05) is 19.5 Å². The van der Waals surface area contributed by atoms with Gasteiger partial charge in [-0.2, -0.15) is 10.4 Å². The summed E-state index contributed by atoms with van der Waals surface area (Å²) < 4.78 is 21.5. The van der Waals surface area contributed by atoms with Gasteiger partial charge in [-0.25, -0.2) is 18.9 Å². The number of ether oxygens (including phenoxy) is 1. The van der Waals surface area contributed by atoms with E-state index >= 15 is 0 Å². The molecule has 0 aromatic carbocycles. The van der Waals surface area contributed by atoms with Gasteiger partial charge in [-0.05, 0) is 18.9 Å². The van der Waals surface area contributed by atoms with E-state index in [1.165, 1.54) is 12.3 Å². The lowest BCUT2D eigenvalue weighted by Crippen LogP contribution is -2.05. The van der Waals surface area contributed by atoms with Gasteiger partial charge in [-0.3, -0.25) is 0 Å². The Hall–Kier alpha value is -3.21. The van der Waals surface area contributed by atoms with E-state index in [0.717, 1.165) is 18.5 Å². The highest BCUT2D eigenvalue weighted by atomic mass is 19.1. The third kappa shape index (κ3) is 3.28. The SMILES string of the molecule is CC.CNc1nc(-c2cnc3cc(OC)c(C4CC4)nn23)c(F)cc1C#N. The van der Waals surface area contributed by atoms with Gasteiger partial charge in [0.05, 0.1) is 18.9 Å². The van der Waals surface area contributed by atoms with E-state index in [4.69, 9.17) is 10.00 Å². The quantitative estimate of drug-likeness (QED) is 0.754. The Morgan fingerprint density at radius 2 is 2.07 bits per heavy atom. The van der Waals surface area contributed by atoms with Crippen LogP contribution in [0.1, 0.15) is 43.9 Å². The predicted octanol–water partition coefficient (Wildman–Crippen LogP) is 3.76. The summed E-state index contributed by atoms with van der Waals surface area (Å²) in [6, 6.07) is 4.89. The number of nitrogens with one attached hydrogen (secondary N) is 1. The zero-order valence-electron chi connectivity index (χ0n) is 15.7. The van der Waals surface area contributed by atoms with Crippen LogP contribution < -0.4 is 10.1 Å². The molecule has 0 atom stereocenters. The molecule has 3 heterocycles. The van der Waals surface area contributed by atoms with Crippen LogP contribution in [-0.4, -0.2) is 33.7 Å². The standard InChI is InChI=1S/C17H15FN6O.C2H6/c1-20-17-10(7-19)5-11(18)16(22-17)12-8-21-14-6-13(25-2)15(9-3-4-9)23-24(12)14;1-2/h5-6,8-9H,3-4H2,1-2H3,(H,20,22);1-2H3. The van der Waals surface area contributed by atoms with Crippen LogP contribution in [0.15, 0.2) is 18.3 Å². The minimum atomic E-state index is -0.595. The van der Waals surface area contributed by atoms with Gasteiger partial charge >= 0.3 is 0 Å². The van der Waals surface area contributed by atoms with Gasteiger partial charge in [0.25, 0.3) is 0 Å². The number of methoxy groups -OCH3 is 1. The summed E-state index contributed by atoms with van der Waals surface area (Å²) in [5.41, 5.74) is 2.06. The highest BCUT2D eigenvalue weighted by Crippen LogP contribution is 2.43. The summed E-state index contributed by atoms with van der Waals surface area (Å²) in [6.07, 6.45) is 3.65. The molecule has 1 saturated carbocycles. The van der Waals surface area contributed by atoms with E-state index in [9.17, 15) is 4.39 Å². The summed E-state index contributed by atoms with van der Waals surface area (Å²) in [7, 11) is 3.23. The van der Waals surface area contributed by atoms with E-state index in [2.05, 4.69) is 20.4 Å². The first-order chi connectivity index (χ1) is 13.2. The molecule has 1 aliphatic rings. The maximum absolute atomic E-state index is 14.5. The van der Waals surface area contributed by atoms with Crippen molar-refractivity contribution in [3.63, 3.8) is 0 Å². The molecule has 0 spiro atoms. The Kier molecular flexibility index (Phi) is 5.21. The molecule has 140 valence electrons. The molecule has 0 aliphatic heterocycles. The van der Waals surface area contributed by atoms with Gasteiger partial charge in [0.2, 0.25) is 0 Å². The lowest BCUT2D eigenvalue weighted by molar-refractivity contribution is 0.405.